The third-order valence-corrected chi connectivity index (χ3v) is 3.61. The van der Waals surface area contributed by atoms with Gasteiger partial charge in [-0.05, 0) is 29.9 Å². The van der Waals surface area contributed by atoms with Gasteiger partial charge in [-0.1, -0.05) is 39.0 Å². The molecule has 0 saturated heterocycles. The van der Waals surface area contributed by atoms with Gasteiger partial charge in [-0.2, -0.15) is 0 Å². The fraction of sp³-hybridized carbons (Fsp3) is 0.500. The first-order chi connectivity index (χ1) is 9.49. The van der Waals surface area contributed by atoms with Crippen LogP contribution in [-0.4, -0.2) is 18.5 Å². The summed E-state index contributed by atoms with van der Waals surface area (Å²) in [7, 11) is 0. The highest BCUT2D eigenvalue weighted by atomic mass is 16.5. The highest BCUT2D eigenvalue weighted by molar-refractivity contribution is 5.93. The Morgan fingerprint density at radius 1 is 1.35 bits per heavy atom. The number of anilines is 1. The molecule has 4 heteroatoms. The van der Waals surface area contributed by atoms with E-state index in [1.165, 1.54) is 0 Å². The van der Waals surface area contributed by atoms with E-state index in [-0.39, 0.29) is 24.4 Å². The predicted octanol–water partition coefficient (Wildman–Crippen LogP) is 2.95. The summed E-state index contributed by atoms with van der Waals surface area (Å²) in [6, 6.07) is 7.66. The van der Waals surface area contributed by atoms with E-state index < -0.39 is 0 Å². The molecule has 1 aliphatic rings. The molecule has 2 rings (SSSR count). The summed E-state index contributed by atoms with van der Waals surface area (Å²) in [5.74, 6) is 0.156. The van der Waals surface area contributed by atoms with Gasteiger partial charge in [0.15, 0.2) is 6.61 Å². The molecular formula is C16H21NO3. The molecule has 0 radical (unpaired) electrons. The van der Waals surface area contributed by atoms with Crippen molar-refractivity contribution in [1.29, 1.82) is 0 Å². The Morgan fingerprint density at radius 2 is 2.00 bits per heavy atom. The Balaban J connectivity index is 1.87. The number of hydrogen-bond donors (Lipinski definition) is 1. The lowest BCUT2D eigenvalue weighted by molar-refractivity contribution is -0.148. The number of carbonyl (C=O) groups is 2. The van der Waals surface area contributed by atoms with Gasteiger partial charge in [0.1, 0.15) is 0 Å². The molecule has 1 saturated carbocycles. The minimum absolute atomic E-state index is 0.00856. The molecule has 1 amide bonds. The van der Waals surface area contributed by atoms with Crippen molar-refractivity contribution in [3.8, 4) is 0 Å². The van der Waals surface area contributed by atoms with Gasteiger partial charge in [0.05, 0.1) is 5.92 Å². The van der Waals surface area contributed by atoms with Crippen LogP contribution < -0.4 is 5.32 Å². The number of nitrogens with one attached hydrogen (secondary N) is 1. The van der Waals surface area contributed by atoms with Gasteiger partial charge in [-0.15, -0.1) is 0 Å². The minimum atomic E-state index is -0.292. The van der Waals surface area contributed by atoms with Gasteiger partial charge in [0, 0.05) is 5.69 Å². The van der Waals surface area contributed by atoms with E-state index in [2.05, 4.69) is 19.2 Å². The molecule has 108 valence electrons. The van der Waals surface area contributed by atoms with Crippen LogP contribution in [0.25, 0.3) is 0 Å². The number of para-hydroxylation sites is 1. The molecule has 0 spiro atoms. The molecule has 0 aliphatic heterocycles. The second kappa shape index (κ2) is 6.07. The SMILES string of the molecule is CC(C)c1ccccc1NC(=O)COC(=O)[C@@H]1C[C@@H]1C. The fourth-order valence-corrected chi connectivity index (χ4v) is 2.19. The molecule has 1 aliphatic carbocycles. The largest absolute Gasteiger partial charge is 0.455 e. The van der Waals surface area contributed by atoms with E-state index in [4.69, 9.17) is 4.74 Å². The standard InChI is InChI=1S/C16H21NO3/c1-10(2)12-6-4-5-7-14(12)17-15(18)9-20-16(19)13-8-11(13)3/h4-7,10-11,13H,8-9H2,1-3H3,(H,17,18)/t11-,13+/m0/s1. The summed E-state index contributed by atoms with van der Waals surface area (Å²) < 4.78 is 5.02. The quantitative estimate of drug-likeness (QED) is 0.841. The number of hydrogen-bond acceptors (Lipinski definition) is 3. The van der Waals surface area contributed by atoms with Gasteiger partial charge < -0.3 is 10.1 Å². The van der Waals surface area contributed by atoms with Crippen molar-refractivity contribution in [1.82, 2.24) is 0 Å². The van der Waals surface area contributed by atoms with Crippen LogP contribution in [0.4, 0.5) is 5.69 Å². The van der Waals surface area contributed by atoms with Gasteiger partial charge in [-0.3, -0.25) is 9.59 Å². The Hall–Kier alpha value is -1.84. The molecular weight excluding hydrogens is 254 g/mol. The lowest BCUT2D eigenvalue weighted by Crippen LogP contribution is -2.22. The molecule has 20 heavy (non-hydrogen) atoms. The fourth-order valence-electron chi connectivity index (χ4n) is 2.19. The van der Waals surface area contributed by atoms with Crippen LogP contribution in [0.3, 0.4) is 0 Å². The van der Waals surface area contributed by atoms with E-state index >= 15 is 0 Å². The average Bonchev–Trinajstić information content (AvgIpc) is 3.13. The molecule has 0 heterocycles. The average molecular weight is 275 g/mol. The zero-order valence-corrected chi connectivity index (χ0v) is 12.2. The third kappa shape index (κ3) is 3.59. The first-order valence-electron chi connectivity index (χ1n) is 7.04. The Kier molecular flexibility index (Phi) is 4.42. The third-order valence-electron chi connectivity index (χ3n) is 3.61. The van der Waals surface area contributed by atoms with Crippen LogP contribution >= 0.6 is 0 Å². The predicted molar refractivity (Wildman–Crippen MR) is 77.4 cm³/mol. The van der Waals surface area contributed by atoms with E-state index in [0.29, 0.717) is 11.8 Å². The summed E-state index contributed by atoms with van der Waals surface area (Å²) in [6.07, 6.45) is 0.872. The van der Waals surface area contributed by atoms with Crippen molar-refractivity contribution in [3.63, 3.8) is 0 Å². The molecule has 4 nitrogen and oxygen atoms in total. The molecule has 0 bridgehead atoms. The van der Waals surface area contributed by atoms with E-state index in [1.807, 2.05) is 31.2 Å². The van der Waals surface area contributed by atoms with E-state index in [1.54, 1.807) is 0 Å². The Bertz CT molecular complexity index is 510. The zero-order valence-electron chi connectivity index (χ0n) is 12.2. The summed E-state index contributed by atoms with van der Waals surface area (Å²) in [5, 5.41) is 2.80. The minimum Gasteiger partial charge on any atom is -0.455 e. The van der Waals surface area contributed by atoms with Crippen LogP contribution in [0.5, 0.6) is 0 Å². The van der Waals surface area contributed by atoms with Crippen LogP contribution in [0, 0.1) is 11.8 Å². The second-order valence-electron chi connectivity index (χ2n) is 5.72. The number of ether oxygens (including phenoxy) is 1. The molecule has 1 aromatic carbocycles. The van der Waals surface area contributed by atoms with Gasteiger partial charge in [-0.25, -0.2) is 0 Å². The summed E-state index contributed by atoms with van der Waals surface area (Å²) >= 11 is 0. The number of carbonyl (C=O) groups excluding carboxylic acids is 2. The number of esters is 1. The first-order valence-corrected chi connectivity index (χ1v) is 7.04. The maximum Gasteiger partial charge on any atom is 0.309 e. The van der Waals surface area contributed by atoms with Crippen molar-refractivity contribution in [2.75, 3.05) is 11.9 Å². The van der Waals surface area contributed by atoms with Gasteiger partial charge in [0.2, 0.25) is 0 Å². The molecule has 1 N–H and O–H groups in total. The highest BCUT2D eigenvalue weighted by Crippen LogP contribution is 2.38. The molecule has 0 aromatic heterocycles. The van der Waals surface area contributed by atoms with Crippen molar-refractivity contribution in [2.24, 2.45) is 11.8 Å². The lowest BCUT2D eigenvalue weighted by Gasteiger charge is -2.13. The maximum atomic E-state index is 11.8. The van der Waals surface area contributed by atoms with Crippen molar-refractivity contribution in [3.05, 3.63) is 29.8 Å². The van der Waals surface area contributed by atoms with Crippen molar-refractivity contribution in [2.45, 2.75) is 33.1 Å². The maximum absolute atomic E-state index is 11.8. The van der Waals surface area contributed by atoms with E-state index in [9.17, 15) is 9.59 Å². The first kappa shape index (κ1) is 14.6. The smallest absolute Gasteiger partial charge is 0.309 e. The Labute approximate surface area is 119 Å². The normalized spacial score (nSPS) is 20.6. The van der Waals surface area contributed by atoms with Crippen molar-refractivity contribution >= 4 is 17.6 Å². The number of benzene rings is 1. The molecule has 1 fully saturated rings. The Morgan fingerprint density at radius 3 is 2.60 bits per heavy atom. The van der Waals surface area contributed by atoms with Crippen LogP contribution in [0.1, 0.15) is 38.7 Å². The molecule has 2 atom stereocenters. The van der Waals surface area contributed by atoms with Crippen molar-refractivity contribution < 1.29 is 14.3 Å². The second-order valence-corrected chi connectivity index (χ2v) is 5.72. The summed E-state index contributed by atoms with van der Waals surface area (Å²) in [6.45, 7) is 5.93. The number of rotatable bonds is 5. The highest BCUT2D eigenvalue weighted by Gasteiger charge is 2.40. The molecule has 0 unspecified atom stereocenters. The summed E-state index contributed by atoms with van der Waals surface area (Å²) in [4.78, 5) is 23.4. The van der Waals surface area contributed by atoms with Gasteiger partial charge >= 0.3 is 5.97 Å². The van der Waals surface area contributed by atoms with Crippen LogP contribution in [0.15, 0.2) is 24.3 Å². The van der Waals surface area contributed by atoms with Crippen LogP contribution in [-0.2, 0) is 14.3 Å². The monoisotopic (exact) mass is 275 g/mol. The lowest BCUT2D eigenvalue weighted by atomic mass is 10.0. The summed E-state index contributed by atoms with van der Waals surface area (Å²) in [5.41, 5.74) is 1.85. The zero-order chi connectivity index (χ0) is 14.7. The topological polar surface area (TPSA) is 55.4 Å². The number of amides is 1. The van der Waals surface area contributed by atoms with E-state index in [0.717, 1.165) is 17.7 Å². The van der Waals surface area contributed by atoms with Gasteiger partial charge in [0.25, 0.3) is 5.91 Å². The van der Waals surface area contributed by atoms with Crippen LogP contribution in [0.2, 0.25) is 0 Å². The molecule has 1 aromatic rings.